The van der Waals surface area contributed by atoms with Crippen LogP contribution in [0.15, 0.2) is 72.8 Å². The Bertz CT molecular complexity index is 986. The summed E-state index contributed by atoms with van der Waals surface area (Å²) in [6.07, 6.45) is 0. The SMILES string of the molecule is CC(=O)Nc1ccc(C)c(NC(=O)COc2ccc(Oc3ccccc3)cc2)c1. The molecule has 6 nitrogen and oxygen atoms in total. The Labute approximate surface area is 169 Å². The van der Waals surface area contributed by atoms with Crippen molar-refractivity contribution in [3.63, 3.8) is 0 Å². The molecule has 0 spiro atoms. The maximum atomic E-state index is 12.2. The molecule has 3 rings (SSSR count). The molecule has 2 N–H and O–H groups in total. The first-order chi connectivity index (χ1) is 14.0. The van der Waals surface area contributed by atoms with Gasteiger partial charge in [0.05, 0.1) is 0 Å². The Morgan fingerprint density at radius 3 is 2.17 bits per heavy atom. The van der Waals surface area contributed by atoms with Crippen molar-refractivity contribution in [3.8, 4) is 17.2 Å². The number of amides is 2. The van der Waals surface area contributed by atoms with Crippen LogP contribution in [-0.2, 0) is 9.59 Å². The Kier molecular flexibility index (Phi) is 6.47. The fourth-order valence-corrected chi connectivity index (χ4v) is 2.60. The van der Waals surface area contributed by atoms with Gasteiger partial charge in [0.25, 0.3) is 5.91 Å². The molecule has 0 atom stereocenters. The summed E-state index contributed by atoms with van der Waals surface area (Å²) in [7, 11) is 0. The molecule has 0 heterocycles. The molecule has 29 heavy (non-hydrogen) atoms. The molecule has 0 aliphatic heterocycles. The van der Waals surface area contributed by atoms with Crippen LogP contribution in [0.25, 0.3) is 0 Å². The minimum absolute atomic E-state index is 0.136. The Morgan fingerprint density at radius 1 is 0.828 bits per heavy atom. The van der Waals surface area contributed by atoms with E-state index in [9.17, 15) is 9.59 Å². The molecule has 3 aromatic rings. The van der Waals surface area contributed by atoms with Gasteiger partial charge in [0, 0.05) is 18.3 Å². The van der Waals surface area contributed by atoms with Gasteiger partial charge in [0.2, 0.25) is 5.91 Å². The molecule has 148 valence electrons. The summed E-state index contributed by atoms with van der Waals surface area (Å²) in [5.41, 5.74) is 2.12. The first-order valence-corrected chi connectivity index (χ1v) is 9.13. The largest absolute Gasteiger partial charge is 0.484 e. The average Bonchev–Trinajstić information content (AvgIpc) is 2.70. The number of carbonyl (C=O) groups is 2. The minimum Gasteiger partial charge on any atom is -0.484 e. The number of hydrogen-bond donors (Lipinski definition) is 2. The Morgan fingerprint density at radius 2 is 1.48 bits per heavy atom. The molecule has 3 aromatic carbocycles. The predicted octanol–water partition coefficient (Wildman–Crippen LogP) is 4.76. The third-order valence-electron chi connectivity index (χ3n) is 4.00. The summed E-state index contributed by atoms with van der Waals surface area (Å²) in [6, 6.07) is 21.8. The maximum Gasteiger partial charge on any atom is 0.262 e. The summed E-state index contributed by atoms with van der Waals surface area (Å²) in [5, 5.41) is 5.49. The predicted molar refractivity (Wildman–Crippen MR) is 113 cm³/mol. The number of para-hydroxylation sites is 1. The second kappa shape index (κ2) is 9.41. The van der Waals surface area contributed by atoms with Gasteiger partial charge in [-0.15, -0.1) is 0 Å². The van der Waals surface area contributed by atoms with Gasteiger partial charge >= 0.3 is 0 Å². The molecule has 0 aliphatic rings. The number of rotatable bonds is 7. The zero-order valence-corrected chi connectivity index (χ0v) is 16.3. The van der Waals surface area contributed by atoms with Crippen molar-refractivity contribution in [2.24, 2.45) is 0 Å². The van der Waals surface area contributed by atoms with Crippen LogP contribution in [-0.4, -0.2) is 18.4 Å². The first kappa shape index (κ1) is 19.9. The van der Waals surface area contributed by atoms with Gasteiger partial charge in [-0.1, -0.05) is 24.3 Å². The highest BCUT2D eigenvalue weighted by Gasteiger charge is 2.08. The van der Waals surface area contributed by atoms with E-state index in [1.807, 2.05) is 43.3 Å². The standard InChI is InChI=1S/C23H22N2O4/c1-16-8-9-18(24-17(2)26)14-22(16)25-23(27)15-28-19-10-12-21(13-11-19)29-20-6-4-3-5-7-20/h3-14H,15H2,1-2H3,(H,24,26)(H,25,27). The normalized spacial score (nSPS) is 10.1. The zero-order chi connectivity index (χ0) is 20.6. The monoisotopic (exact) mass is 390 g/mol. The van der Waals surface area contributed by atoms with Crippen LogP contribution in [0.3, 0.4) is 0 Å². The summed E-state index contributed by atoms with van der Waals surface area (Å²) in [6.45, 7) is 3.17. The van der Waals surface area contributed by atoms with E-state index >= 15 is 0 Å². The second-order valence-electron chi connectivity index (χ2n) is 6.43. The molecule has 0 bridgehead atoms. The van der Waals surface area contributed by atoms with Crippen LogP contribution in [0.4, 0.5) is 11.4 Å². The third-order valence-corrected chi connectivity index (χ3v) is 4.00. The minimum atomic E-state index is -0.294. The maximum absolute atomic E-state index is 12.2. The highest BCUT2D eigenvalue weighted by Crippen LogP contribution is 2.24. The lowest BCUT2D eigenvalue weighted by Crippen LogP contribution is -2.20. The second-order valence-corrected chi connectivity index (χ2v) is 6.43. The van der Waals surface area contributed by atoms with Crippen molar-refractivity contribution in [1.82, 2.24) is 0 Å². The number of aryl methyl sites for hydroxylation is 1. The number of anilines is 2. The van der Waals surface area contributed by atoms with Crippen molar-refractivity contribution in [1.29, 1.82) is 0 Å². The van der Waals surface area contributed by atoms with E-state index < -0.39 is 0 Å². The summed E-state index contributed by atoms with van der Waals surface area (Å²) < 4.78 is 11.3. The Hall–Kier alpha value is -3.80. The molecule has 0 saturated carbocycles. The molecule has 2 amide bonds. The van der Waals surface area contributed by atoms with Gasteiger partial charge in [0.15, 0.2) is 6.61 Å². The lowest BCUT2D eigenvalue weighted by molar-refractivity contribution is -0.118. The lowest BCUT2D eigenvalue weighted by atomic mass is 10.1. The van der Waals surface area contributed by atoms with Gasteiger partial charge < -0.3 is 20.1 Å². The van der Waals surface area contributed by atoms with Crippen molar-refractivity contribution in [2.45, 2.75) is 13.8 Å². The van der Waals surface area contributed by atoms with Gasteiger partial charge in [-0.05, 0) is 61.0 Å². The zero-order valence-electron chi connectivity index (χ0n) is 16.3. The fraction of sp³-hybridized carbons (Fsp3) is 0.130. The van der Waals surface area contributed by atoms with Gasteiger partial charge in [-0.3, -0.25) is 9.59 Å². The molecular formula is C23H22N2O4. The number of benzene rings is 3. The van der Waals surface area contributed by atoms with E-state index in [1.165, 1.54) is 6.92 Å². The molecule has 0 aromatic heterocycles. The first-order valence-electron chi connectivity index (χ1n) is 9.13. The van der Waals surface area contributed by atoms with Crippen LogP contribution in [0.1, 0.15) is 12.5 Å². The van der Waals surface area contributed by atoms with E-state index in [0.717, 1.165) is 11.3 Å². The van der Waals surface area contributed by atoms with Crippen molar-refractivity contribution < 1.29 is 19.1 Å². The van der Waals surface area contributed by atoms with Crippen molar-refractivity contribution in [2.75, 3.05) is 17.2 Å². The highest BCUT2D eigenvalue weighted by molar-refractivity contribution is 5.94. The van der Waals surface area contributed by atoms with Crippen LogP contribution in [0, 0.1) is 6.92 Å². The molecule has 0 aliphatic carbocycles. The fourth-order valence-electron chi connectivity index (χ4n) is 2.60. The summed E-state index contributed by atoms with van der Waals surface area (Å²) in [4.78, 5) is 23.4. The molecule has 0 unspecified atom stereocenters. The van der Waals surface area contributed by atoms with E-state index in [0.29, 0.717) is 22.9 Å². The van der Waals surface area contributed by atoms with Crippen molar-refractivity contribution in [3.05, 3.63) is 78.4 Å². The van der Waals surface area contributed by atoms with Crippen LogP contribution < -0.4 is 20.1 Å². The topological polar surface area (TPSA) is 76.7 Å². The van der Waals surface area contributed by atoms with E-state index in [2.05, 4.69) is 10.6 Å². The van der Waals surface area contributed by atoms with Crippen LogP contribution in [0.5, 0.6) is 17.2 Å². The molecule has 0 saturated heterocycles. The molecular weight excluding hydrogens is 368 g/mol. The summed E-state index contributed by atoms with van der Waals surface area (Å²) >= 11 is 0. The van der Waals surface area contributed by atoms with Gasteiger partial charge in [-0.2, -0.15) is 0 Å². The molecule has 6 heteroatoms. The van der Waals surface area contributed by atoms with E-state index in [-0.39, 0.29) is 18.4 Å². The quantitative estimate of drug-likeness (QED) is 0.610. The average molecular weight is 390 g/mol. The smallest absolute Gasteiger partial charge is 0.262 e. The number of ether oxygens (including phenoxy) is 2. The van der Waals surface area contributed by atoms with Gasteiger partial charge in [-0.25, -0.2) is 0 Å². The summed E-state index contributed by atoms with van der Waals surface area (Å²) in [5.74, 6) is 1.52. The lowest BCUT2D eigenvalue weighted by Gasteiger charge is -2.12. The molecule has 0 radical (unpaired) electrons. The number of carbonyl (C=O) groups excluding carboxylic acids is 2. The number of hydrogen-bond acceptors (Lipinski definition) is 4. The van der Waals surface area contributed by atoms with Gasteiger partial charge in [0.1, 0.15) is 17.2 Å². The molecule has 0 fully saturated rings. The van der Waals surface area contributed by atoms with E-state index in [1.54, 1.807) is 36.4 Å². The van der Waals surface area contributed by atoms with Crippen LogP contribution in [0.2, 0.25) is 0 Å². The highest BCUT2D eigenvalue weighted by atomic mass is 16.5. The Balaban J connectivity index is 1.53. The van der Waals surface area contributed by atoms with E-state index in [4.69, 9.17) is 9.47 Å². The van der Waals surface area contributed by atoms with Crippen LogP contribution >= 0.6 is 0 Å². The van der Waals surface area contributed by atoms with Crippen molar-refractivity contribution >= 4 is 23.2 Å². The number of nitrogens with one attached hydrogen (secondary N) is 2. The third kappa shape index (κ3) is 6.10.